The maximum absolute atomic E-state index is 6.83. The van der Waals surface area contributed by atoms with Gasteiger partial charge in [-0.1, -0.05) is 108 Å². The minimum Gasteiger partial charge on any atom is -0.464 e. The van der Waals surface area contributed by atoms with Crippen LogP contribution in [-0.4, -0.2) is 0 Å². The van der Waals surface area contributed by atoms with Crippen LogP contribution in [0.2, 0.25) is 0 Å². The smallest absolute Gasteiger partial charge is 0.136 e. The fraction of sp³-hybridized carbons (Fsp3) is 0.0323. The molecular weight excluding hydrogens is 821 g/mol. The molecule has 0 aliphatic carbocycles. The Balaban J connectivity index is 0.960. The Labute approximate surface area is 386 Å². The van der Waals surface area contributed by atoms with Crippen LogP contribution in [0.15, 0.2) is 232 Å². The summed E-state index contributed by atoms with van der Waals surface area (Å²) in [5.74, 6) is 0. The molecule has 0 spiro atoms. The number of furan rings is 3. The fourth-order valence-corrected chi connectivity index (χ4v) is 9.96. The largest absolute Gasteiger partial charge is 0.464 e. The molecule has 0 atom stereocenters. The predicted molar refractivity (Wildman–Crippen MR) is 278 cm³/mol. The molecular formula is C62H42N2O3. The zero-order chi connectivity index (χ0) is 44.6. The highest BCUT2D eigenvalue weighted by molar-refractivity contribution is 6.15. The van der Waals surface area contributed by atoms with Gasteiger partial charge in [0, 0.05) is 55.4 Å². The van der Waals surface area contributed by atoms with Gasteiger partial charge in [-0.2, -0.15) is 0 Å². The number of hydrogen-bond donors (Lipinski definition) is 0. The Morgan fingerprint density at radius 2 is 0.731 bits per heavy atom. The number of benzene rings is 10. The lowest BCUT2D eigenvalue weighted by molar-refractivity contribution is 0.615. The molecule has 0 saturated heterocycles. The van der Waals surface area contributed by atoms with Crippen molar-refractivity contribution >= 4 is 99.5 Å². The Morgan fingerprint density at radius 1 is 0.313 bits per heavy atom. The number of rotatable bonds is 8. The molecule has 0 fully saturated rings. The molecule has 13 rings (SSSR count). The van der Waals surface area contributed by atoms with Crippen LogP contribution in [0.4, 0.5) is 34.1 Å². The Morgan fingerprint density at radius 3 is 1.16 bits per heavy atom. The van der Waals surface area contributed by atoms with E-state index in [0.717, 1.165) is 122 Å². The molecule has 0 aliphatic rings. The zero-order valence-electron chi connectivity index (χ0n) is 36.9. The zero-order valence-corrected chi connectivity index (χ0v) is 36.9. The van der Waals surface area contributed by atoms with Crippen LogP contribution in [0.5, 0.6) is 0 Å². The van der Waals surface area contributed by atoms with E-state index in [1.807, 2.05) is 0 Å². The second-order valence-corrected chi connectivity index (χ2v) is 17.5. The maximum atomic E-state index is 6.83. The first kappa shape index (κ1) is 38.6. The number of nitrogens with zero attached hydrogens (tertiary/aromatic N) is 2. The third-order valence-corrected chi connectivity index (χ3v) is 13.3. The summed E-state index contributed by atoms with van der Waals surface area (Å²) in [5.41, 5.74) is 16.6. The average Bonchev–Trinajstić information content (AvgIpc) is 4.14. The fourth-order valence-electron chi connectivity index (χ4n) is 9.96. The van der Waals surface area contributed by atoms with Crippen LogP contribution < -0.4 is 9.80 Å². The predicted octanol–water partition coefficient (Wildman–Crippen LogP) is 18.3. The summed E-state index contributed by atoms with van der Waals surface area (Å²) in [7, 11) is 0. The van der Waals surface area contributed by atoms with E-state index < -0.39 is 0 Å². The van der Waals surface area contributed by atoms with Crippen molar-refractivity contribution in [1.82, 2.24) is 0 Å². The lowest BCUT2D eigenvalue weighted by Crippen LogP contribution is -2.11. The first-order chi connectivity index (χ1) is 33.0. The summed E-state index contributed by atoms with van der Waals surface area (Å²) in [6.45, 7) is 4.25. The Hall–Kier alpha value is -8.80. The molecule has 3 aromatic heterocycles. The summed E-state index contributed by atoms with van der Waals surface area (Å²) in [6, 6.07) is 73.8. The van der Waals surface area contributed by atoms with Gasteiger partial charge >= 0.3 is 0 Å². The molecule has 3 heterocycles. The van der Waals surface area contributed by atoms with Crippen molar-refractivity contribution in [3.8, 4) is 22.3 Å². The van der Waals surface area contributed by atoms with Gasteiger partial charge < -0.3 is 23.1 Å². The van der Waals surface area contributed by atoms with Gasteiger partial charge in [-0.15, -0.1) is 0 Å². The molecule has 10 aromatic carbocycles. The standard InChI is InChI=1S/C62H42N2O3/c1-39-13-19-47(20-14-39)63(61-51(41-9-5-3-6-10-41)25-27-57-53(61)29-31-65-57)49-23-17-43-35-55-56-36-44-18-24-50(34-46(44)38-60(56)67-59(55)37-45(43)33-49)64(48-21-15-40(2)16-22-48)62-52(42-11-7-4-8-12-42)26-28-58-54(62)30-32-66-58/h3-38H,1-2H3. The summed E-state index contributed by atoms with van der Waals surface area (Å²) in [6.07, 6.45) is 3.56. The van der Waals surface area contributed by atoms with Gasteiger partial charge in [0.25, 0.3) is 0 Å². The van der Waals surface area contributed by atoms with E-state index in [1.165, 1.54) is 11.1 Å². The highest BCUT2D eigenvalue weighted by Crippen LogP contribution is 2.48. The van der Waals surface area contributed by atoms with Gasteiger partial charge in [0.15, 0.2) is 0 Å². The minimum atomic E-state index is 0.839. The van der Waals surface area contributed by atoms with E-state index in [0.29, 0.717) is 0 Å². The molecule has 0 aliphatic heterocycles. The number of hydrogen-bond acceptors (Lipinski definition) is 5. The van der Waals surface area contributed by atoms with Crippen molar-refractivity contribution in [2.75, 3.05) is 9.80 Å². The summed E-state index contributed by atoms with van der Waals surface area (Å²) in [5, 5.41) is 8.72. The van der Waals surface area contributed by atoms with Gasteiger partial charge in [-0.3, -0.25) is 0 Å². The van der Waals surface area contributed by atoms with Crippen molar-refractivity contribution in [2.45, 2.75) is 13.8 Å². The van der Waals surface area contributed by atoms with E-state index in [2.05, 4.69) is 230 Å². The number of fused-ring (bicyclic) bond motifs is 7. The van der Waals surface area contributed by atoms with Gasteiger partial charge in [0.1, 0.15) is 22.3 Å². The summed E-state index contributed by atoms with van der Waals surface area (Å²) in [4.78, 5) is 4.73. The van der Waals surface area contributed by atoms with Crippen LogP contribution in [0, 0.1) is 13.8 Å². The summed E-state index contributed by atoms with van der Waals surface area (Å²) < 4.78 is 18.9. The van der Waals surface area contributed by atoms with Gasteiger partial charge in [-0.05, 0) is 156 Å². The molecule has 5 heteroatoms. The summed E-state index contributed by atoms with van der Waals surface area (Å²) >= 11 is 0. The van der Waals surface area contributed by atoms with Crippen molar-refractivity contribution < 1.29 is 13.3 Å². The van der Waals surface area contributed by atoms with Crippen LogP contribution in [0.1, 0.15) is 11.1 Å². The van der Waals surface area contributed by atoms with Gasteiger partial charge in [0.05, 0.1) is 23.9 Å². The normalized spacial score (nSPS) is 11.7. The third kappa shape index (κ3) is 6.54. The van der Waals surface area contributed by atoms with Crippen molar-refractivity contribution in [3.05, 3.63) is 230 Å². The van der Waals surface area contributed by atoms with Crippen LogP contribution in [0.25, 0.3) is 87.7 Å². The first-order valence-corrected chi connectivity index (χ1v) is 22.7. The second-order valence-electron chi connectivity index (χ2n) is 17.5. The molecule has 67 heavy (non-hydrogen) atoms. The lowest BCUT2D eigenvalue weighted by atomic mass is 9.98. The topological polar surface area (TPSA) is 45.9 Å². The average molecular weight is 863 g/mol. The third-order valence-electron chi connectivity index (χ3n) is 13.3. The molecule has 0 bridgehead atoms. The van der Waals surface area contributed by atoms with Crippen molar-refractivity contribution in [1.29, 1.82) is 0 Å². The molecule has 0 N–H and O–H groups in total. The van der Waals surface area contributed by atoms with E-state index in [1.54, 1.807) is 12.5 Å². The van der Waals surface area contributed by atoms with Gasteiger partial charge in [-0.25, -0.2) is 0 Å². The highest BCUT2D eigenvalue weighted by atomic mass is 16.3. The van der Waals surface area contributed by atoms with Crippen molar-refractivity contribution in [3.63, 3.8) is 0 Å². The van der Waals surface area contributed by atoms with E-state index in [4.69, 9.17) is 13.3 Å². The quantitative estimate of drug-likeness (QED) is 0.152. The minimum absolute atomic E-state index is 0.839. The van der Waals surface area contributed by atoms with E-state index in [-0.39, 0.29) is 0 Å². The van der Waals surface area contributed by atoms with E-state index >= 15 is 0 Å². The number of aryl methyl sites for hydroxylation is 2. The van der Waals surface area contributed by atoms with Crippen LogP contribution >= 0.6 is 0 Å². The van der Waals surface area contributed by atoms with Crippen molar-refractivity contribution in [2.24, 2.45) is 0 Å². The first-order valence-electron chi connectivity index (χ1n) is 22.7. The molecule has 0 radical (unpaired) electrons. The maximum Gasteiger partial charge on any atom is 0.136 e. The second kappa shape index (κ2) is 15.4. The molecule has 5 nitrogen and oxygen atoms in total. The monoisotopic (exact) mass is 862 g/mol. The molecule has 318 valence electrons. The van der Waals surface area contributed by atoms with Crippen LogP contribution in [-0.2, 0) is 0 Å². The molecule has 0 saturated carbocycles. The molecule has 0 amide bonds. The molecule has 13 aromatic rings. The SMILES string of the molecule is Cc1ccc(N(c2ccc3cc4c(cc3c2)oc2cc3cc(N(c5ccc(C)cc5)c5c(-c6ccccc6)ccc6occc56)ccc3cc24)c2c(-c3ccccc3)ccc3occc23)cc1. The Bertz CT molecular complexity index is 3730. The molecule has 0 unspecified atom stereocenters. The lowest BCUT2D eigenvalue weighted by Gasteiger charge is -2.29. The number of anilines is 6. The van der Waals surface area contributed by atoms with Crippen LogP contribution in [0.3, 0.4) is 0 Å². The van der Waals surface area contributed by atoms with E-state index in [9.17, 15) is 0 Å². The van der Waals surface area contributed by atoms with Gasteiger partial charge in [0.2, 0.25) is 0 Å². The Kier molecular flexibility index (Phi) is 8.90. The highest BCUT2D eigenvalue weighted by Gasteiger charge is 2.24.